The van der Waals surface area contributed by atoms with Gasteiger partial charge in [-0.25, -0.2) is 22.5 Å². The highest BCUT2D eigenvalue weighted by Crippen LogP contribution is 2.38. The summed E-state index contributed by atoms with van der Waals surface area (Å²) in [5, 5.41) is 2.65. The zero-order valence-electron chi connectivity index (χ0n) is 19.6. The first-order valence-electron chi connectivity index (χ1n) is 10.4. The maximum Gasteiger partial charge on any atom is 0.328 e. The van der Waals surface area contributed by atoms with Crippen LogP contribution < -0.4 is 19.7 Å². The minimum absolute atomic E-state index is 0.0376. The van der Waals surface area contributed by atoms with Gasteiger partial charge in [0.05, 0.1) is 35.9 Å². The molecule has 34 heavy (non-hydrogen) atoms. The Hall–Kier alpha value is -3.58. The molecule has 0 saturated carbocycles. The second-order valence-electron chi connectivity index (χ2n) is 8.85. The van der Waals surface area contributed by atoms with Gasteiger partial charge in [0, 0.05) is 18.5 Å². The topological polar surface area (TPSA) is 105 Å². The number of ether oxygens (including phenoxy) is 1. The molecule has 8 nitrogen and oxygen atoms in total. The van der Waals surface area contributed by atoms with Crippen LogP contribution in [-0.2, 0) is 20.2 Å². The molecule has 3 amide bonds. The number of imide groups is 1. The number of carbonyl (C=O) groups is 2. The van der Waals surface area contributed by atoms with E-state index in [0.717, 1.165) is 22.8 Å². The molecule has 1 heterocycles. The summed E-state index contributed by atoms with van der Waals surface area (Å²) in [6, 6.07) is 6.55. The third kappa shape index (κ3) is 5.66. The largest absolute Gasteiger partial charge is 0.495 e. The zero-order valence-corrected chi connectivity index (χ0v) is 20.4. The lowest BCUT2D eigenvalue weighted by Crippen LogP contribution is -2.50. The number of nitrogens with one attached hydrogen (secondary N) is 2. The van der Waals surface area contributed by atoms with Gasteiger partial charge < -0.3 is 10.1 Å². The SMILES string of the molecule is COc1c(C#Cc2ccc(NS(C)(=O)=O)cc2F)cc(N2C(=O)CCNC2=O)cc1C(C)(C)C. The number of halogens is 1. The Morgan fingerprint density at radius 2 is 1.79 bits per heavy atom. The summed E-state index contributed by atoms with van der Waals surface area (Å²) in [7, 11) is -2.06. The number of urea groups is 1. The molecule has 1 fully saturated rings. The van der Waals surface area contributed by atoms with Crippen LogP contribution in [0.25, 0.3) is 0 Å². The smallest absolute Gasteiger partial charge is 0.328 e. The zero-order chi connectivity index (χ0) is 25.3. The lowest BCUT2D eigenvalue weighted by molar-refractivity contribution is -0.118. The van der Waals surface area contributed by atoms with E-state index in [1.165, 1.54) is 19.2 Å². The van der Waals surface area contributed by atoms with Crippen molar-refractivity contribution >= 4 is 33.3 Å². The maximum absolute atomic E-state index is 14.6. The number of nitrogens with zero attached hydrogens (tertiary/aromatic N) is 1. The number of sulfonamides is 1. The van der Waals surface area contributed by atoms with E-state index < -0.39 is 27.3 Å². The molecule has 2 aromatic rings. The summed E-state index contributed by atoms with van der Waals surface area (Å²) in [6.45, 7) is 6.14. The van der Waals surface area contributed by atoms with Gasteiger partial charge in [0.15, 0.2) is 0 Å². The third-order valence-corrected chi connectivity index (χ3v) is 5.62. The Balaban J connectivity index is 2.12. The van der Waals surface area contributed by atoms with Gasteiger partial charge in [0.1, 0.15) is 11.6 Å². The number of rotatable bonds is 4. The Labute approximate surface area is 198 Å². The first kappa shape index (κ1) is 25.1. The lowest BCUT2D eigenvalue weighted by Gasteiger charge is -2.29. The highest BCUT2D eigenvalue weighted by molar-refractivity contribution is 7.92. The normalized spacial score (nSPS) is 14.2. The summed E-state index contributed by atoms with van der Waals surface area (Å²) in [4.78, 5) is 26.0. The number of anilines is 2. The van der Waals surface area contributed by atoms with Gasteiger partial charge in [-0.1, -0.05) is 32.6 Å². The first-order chi connectivity index (χ1) is 15.8. The van der Waals surface area contributed by atoms with Gasteiger partial charge in [0.25, 0.3) is 0 Å². The van der Waals surface area contributed by atoms with E-state index in [0.29, 0.717) is 17.0 Å². The molecule has 1 aliphatic rings. The van der Waals surface area contributed by atoms with E-state index >= 15 is 0 Å². The number of carbonyl (C=O) groups excluding carboxylic acids is 2. The molecule has 180 valence electrons. The monoisotopic (exact) mass is 487 g/mol. The van der Waals surface area contributed by atoms with E-state index in [9.17, 15) is 22.4 Å². The van der Waals surface area contributed by atoms with Crippen molar-refractivity contribution in [1.29, 1.82) is 0 Å². The number of benzene rings is 2. The van der Waals surface area contributed by atoms with Crippen LogP contribution in [0, 0.1) is 17.7 Å². The van der Waals surface area contributed by atoms with Crippen molar-refractivity contribution in [3.05, 3.63) is 52.8 Å². The van der Waals surface area contributed by atoms with E-state index in [4.69, 9.17) is 4.74 Å². The minimum Gasteiger partial charge on any atom is -0.495 e. The quantitative estimate of drug-likeness (QED) is 0.644. The van der Waals surface area contributed by atoms with Gasteiger partial charge >= 0.3 is 6.03 Å². The van der Waals surface area contributed by atoms with Crippen molar-refractivity contribution < 1.29 is 27.1 Å². The molecular formula is C24H26FN3O5S. The Kier molecular flexibility index (Phi) is 6.89. The van der Waals surface area contributed by atoms with Crippen molar-refractivity contribution in [2.45, 2.75) is 32.6 Å². The van der Waals surface area contributed by atoms with Crippen LogP contribution >= 0.6 is 0 Å². The number of methoxy groups -OCH3 is 1. The van der Waals surface area contributed by atoms with E-state index in [2.05, 4.69) is 21.9 Å². The number of amides is 3. The Morgan fingerprint density at radius 3 is 2.35 bits per heavy atom. The van der Waals surface area contributed by atoms with Crippen molar-refractivity contribution in [1.82, 2.24) is 5.32 Å². The molecule has 3 rings (SSSR count). The molecule has 2 N–H and O–H groups in total. The van der Waals surface area contributed by atoms with Crippen LogP contribution in [0.4, 0.5) is 20.6 Å². The average molecular weight is 488 g/mol. The third-order valence-electron chi connectivity index (χ3n) is 5.02. The molecule has 2 aromatic carbocycles. The molecule has 1 saturated heterocycles. The van der Waals surface area contributed by atoms with Gasteiger partial charge in [-0.2, -0.15) is 0 Å². The van der Waals surface area contributed by atoms with Crippen molar-refractivity contribution in [3.8, 4) is 17.6 Å². The van der Waals surface area contributed by atoms with Gasteiger partial charge in [-0.05, 0) is 35.7 Å². The second-order valence-corrected chi connectivity index (χ2v) is 10.6. The predicted molar refractivity (Wildman–Crippen MR) is 128 cm³/mol. The fraction of sp³-hybridized carbons (Fsp3) is 0.333. The highest BCUT2D eigenvalue weighted by atomic mass is 32.2. The number of hydrogen-bond acceptors (Lipinski definition) is 5. The fourth-order valence-electron chi connectivity index (χ4n) is 3.48. The highest BCUT2D eigenvalue weighted by Gasteiger charge is 2.30. The Morgan fingerprint density at radius 1 is 1.12 bits per heavy atom. The second kappa shape index (κ2) is 9.35. The molecule has 0 aromatic heterocycles. The summed E-state index contributed by atoms with van der Waals surface area (Å²) in [5.41, 5.74) is 1.12. The standard InChI is InChI=1S/C24H26FN3O5S/c1-24(2,3)19-14-18(28-21(29)10-11-26-23(28)30)12-16(22(19)33-4)7-6-15-8-9-17(13-20(15)25)27-34(5,31)32/h8-9,12-14,27H,10-11H2,1-5H3,(H,26,30). The van der Waals surface area contributed by atoms with Crippen LogP contribution in [0.15, 0.2) is 30.3 Å². The fourth-order valence-corrected chi connectivity index (χ4v) is 4.04. The van der Waals surface area contributed by atoms with Gasteiger partial charge in [-0.3, -0.25) is 9.52 Å². The summed E-state index contributed by atoms with van der Waals surface area (Å²) in [5.74, 6) is 5.02. The van der Waals surface area contributed by atoms with Crippen molar-refractivity contribution in [2.24, 2.45) is 0 Å². The molecule has 0 bridgehead atoms. The van der Waals surface area contributed by atoms with Gasteiger partial charge in [-0.15, -0.1) is 0 Å². The summed E-state index contributed by atoms with van der Waals surface area (Å²) >= 11 is 0. The van der Waals surface area contributed by atoms with Crippen LogP contribution in [-0.4, -0.2) is 40.3 Å². The summed E-state index contributed by atoms with van der Waals surface area (Å²) < 4.78 is 45.1. The molecule has 1 aliphatic heterocycles. The van der Waals surface area contributed by atoms with Gasteiger partial charge in [0.2, 0.25) is 15.9 Å². The first-order valence-corrected chi connectivity index (χ1v) is 12.3. The van der Waals surface area contributed by atoms with Crippen LogP contribution in [0.3, 0.4) is 0 Å². The number of hydrogen-bond donors (Lipinski definition) is 2. The maximum atomic E-state index is 14.6. The molecule has 0 unspecified atom stereocenters. The van der Waals surface area contributed by atoms with E-state index in [1.54, 1.807) is 12.1 Å². The van der Waals surface area contributed by atoms with E-state index in [1.807, 2.05) is 20.8 Å². The van der Waals surface area contributed by atoms with Crippen LogP contribution in [0.2, 0.25) is 0 Å². The van der Waals surface area contributed by atoms with Crippen LogP contribution in [0.5, 0.6) is 5.75 Å². The Bertz CT molecular complexity index is 1300. The van der Waals surface area contributed by atoms with E-state index in [-0.39, 0.29) is 30.1 Å². The predicted octanol–water partition coefficient (Wildman–Crippen LogP) is 3.35. The molecule has 10 heteroatoms. The molecule has 0 spiro atoms. The molecule has 0 aliphatic carbocycles. The molecule has 0 atom stereocenters. The molecule has 0 radical (unpaired) electrons. The average Bonchev–Trinajstić information content (AvgIpc) is 2.71. The van der Waals surface area contributed by atoms with Crippen molar-refractivity contribution in [3.63, 3.8) is 0 Å². The summed E-state index contributed by atoms with van der Waals surface area (Å²) in [6.07, 6.45) is 1.14. The lowest BCUT2D eigenvalue weighted by atomic mass is 9.84. The molecular weight excluding hydrogens is 461 g/mol. The minimum atomic E-state index is -3.55. The van der Waals surface area contributed by atoms with Crippen LogP contribution in [0.1, 0.15) is 43.9 Å². The van der Waals surface area contributed by atoms with Crippen molar-refractivity contribution in [2.75, 3.05) is 29.5 Å².